The third-order valence-electron chi connectivity index (χ3n) is 16.6. The number of hydrogen-bond donors (Lipinski definition) is 0. The summed E-state index contributed by atoms with van der Waals surface area (Å²) in [6.45, 7) is 15.6. The quantitative estimate of drug-likeness (QED) is 0.0764. The van der Waals surface area contributed by atoms with Crippen LogP contribution in [0.1, 0.15) is 118 Å². The lowest BCUT2D eigenvalue weighted by Crippen LogP contribution is -2.48. The van der Waals surface area contributed by atoms with Crippen molar-refractivity contribution in [2.75, 3.05) is 6.61 Å². The molecule has 0 fully saturated rings. The normalized spacial score (nSPS) is 16.4. The van der Waals surface area contributed by atoms with Crippen molar-refractivity contribution >= 4 is 112 Å². The number of esters is 2. The lowest BCUT2D eigenvalue weighted by atomic mass is 9.90. The van der Waals surface area contributed by atoms with Gasteiger partial charge in [-0.1, -0.05) is 97.6 Å². The van der Waals surface area contributed by atoms with Gasteiger partial charge in [-0.2, -0.15) is 26.3 Å². The Morgan fingerprint density at radius 3 is 1.39 bits per heavy atom. The molecule has 89 heavy (non-hydrogen) atoms. The minimum absolute atomic E-state index is 0. The van der Waals surface area contributed by atoms with E-state index in [0.717, 1.165) is 90.5 Å². The fourth-order valence-corrected chi connectivity index (χ4v) is 19.3. The van der Waals surface area contributed by atoms with Gasteiger partial charge in [0.15, 0.2) is 16.6 Å². The number of fused-ring (bicyclic) bond motifs is 3. The number of thiophene rings is 6. The molecule has 0 saturated heterocycles. The maximum atomic E-state index is 15.3. The Morgan fingerprint density at radius 1 is 0.494 bits per heavy atom. The molecule has 3 aliphatic carbocycles. The van der Waals surface area contributed by atoms with Crippen molar-refractivity contribution in [2.45, 2.75) is 132 Å². The van der Waals surface area contributed by atoms with Crippen LogP contribution in [-0.2, 0) is 40.0 Å². The second-order valence-electron chi connectivity index (χ2n) is 22.1. The summed E-state index contributed by atoms with van der Waals surface area (Å²) in [7, 11) is 0. The van der Waals surface area contributed by atoms with Gasteiger partial charge in [0.05, 0.1) is 23.3 Å². The number of aryl methyl sites for hydroxylation is 8. The molecule has 0 bridgehead atoms. The number of alkyl halides is 6. The predicted molar refractivity (Wildman–Crippen MR) is 353 cm³/mol. The molecule has 10 aromatic rings. The number of benzene rings is 3. The van der Waals surface area contributed by atoms with Gasteiger partial charge in [0.25, 0.3) is 0 Å². The van der Waals surface area contributed by atoms with Gasteiger partial charge in [0.2, 0.25) is 0 Å². The Labute approximate surface area is 535 Å². The maximum absolute atomic E-state index is 15.3. The molecule has 0 unspecified atom stereocenters. The molecule has 0 amide bonds. The van der Waals surface area contributed by atoms with Crippen LogP contribution in [0.3, 0.4) is 0 Å². The largest absolute Gasteiger partial charge is 0.519 e. The number of ether oxygens (including phenoxy) is 2. The van der Waals surface area contributed by atoms with Crippen LogP contribution in [-0.4, -0.2) is 36.3 Å². The number of rotatable bonds is 10. The molecule has 1 aliphatic heterocycles. The minimum Gasteiger partial charge on any atom is -0.484 e. The van der Waals surface area contributed by atoms with Crippen molar-refractivity contribution in [3.05, 3.63) is 186 Å². The maximum Gasteiger partial charge on any atom is 0.519 e. The third-order valence-corrected chi connectivity index (χ3v) is 23.4. The highest BCUT2D eigenvalue weighted by atomic mass is 32.1. The molecule has 7 nitrogen and oxygen atoms in total. The fraction of sp³-hybridized carbons (Fsp3) is 0.300. The van der Waals surface area contributed by atoms with E-state index >= 15 is 17.6 Å². The highest BCUT2D eigenvalue weighted by Crippen LogP contribution is 2.66. The Morgan fingerprint density at radius 2 is 0.933 bits per heavy atom. The zero-order chi connectivity index (χ0) is 62.3. The van der Waals surface area contributed by atoms with Gasteiger partial charge in [0.1, 0.15) is 0 Å². The van der Waals surface area contributed by atoms with Crippen LogP contribution in [0.4, 0.5) is 26.3 Å². The van der Waals surface area contributed by atoms with Crippen LogP contribution in [0.5, 0.6) is 5.06 Å². The molecule has 7 aromatic heterocycles. The van der Waals surface area contributed by atoms with E-state index in [1.165, 1.54) is 93.6 Å². The molecule has 8 heterocycles. The average molecular weight is 1320 g/mol. The lowest BCUT2D eigenvalue weighted by Gasteiger charge is -2.25. The first kappa shape index (κ1) is 63.7. The Hall–Kier alpha value is -6.87. The summed E-state index contributed by atoms with van der Waals surface area (Å²) in [5.74, 6) is -16.1. The Balaban J connectivity index is 0.000000139. The summed E-state index contributed by atoms with van der Waals surface area (Å²) in [6, 6.07) is 28.0. The van der Waals surface area contributed by atoms with Crippen molar-refractivity contribution in [1.82, 2.24) is 0 Å². The summed E-state index contributed by atoms with van der Waals surface area (Å²) < 4.78 is 114. The van der Waals surface area contributed by atoms with Crippen LogP contribution < -0.4 is 10.6 Å². The average Bonchev–Trinajstić information content (AvgIpc) is 1.54. The molecule has 462 valence electrons. The van der Waals surface area contributed by atoms with Gasteiger partial charge in [-0.25, -0.2) is 14.4 Å². The van der Waals surface area contributed by atoms with E-state index in [1.807, 2.05) is 74.6 Å². The van der Waals surface area contributed by atoms with Crippen molar-refractivity contribution in [1.29, 1.82) is 0 Å². The SMILES string of the molecule is C.CCOc1sc2ccccc2c1C1=C(c2c(C)sc(C)c2C)C(=O)OC1=O.Cc1sc(-c2ccccc2)cc1C1=C(c2cc(-c3ccccc3)sc2C)C(F)(F)C(F)(F)C1(F)F.Cc1sc2c(c1-c1oc(=O)oc1-c1c(C)sc3c1CCCC3)CCCC2. The molecular formula is C70H62F6O7S6. The number of hydrogen-bond acceptors (Lipinski definition) is 13. The van der Waals surface area contributed by atoms with E-state index in [0.29, 0.717) is 60.8 Å². The van der Waals surface area contributed by atoms with E-state index in [1.54, 1.807) is 72.0 Å². The molecule has 0 atom stereocenters. The van der Waals surface area contributed by atoms with Gasteiger partial charge in [0, 0.05) is 86.7 Å². The Bertz CT molecular complexity index is 4330. The van der Waals surface area contributed by atoms with Crippen molar-refractivity contribution < 1.29 is 54.2 Å². The zero-order valence-electron chi connectivity index (χ0n) is 49.2. The van der Waals surface area contributed by atoms with E-state index < -0.39 is 46.7 Å². The molecular weight excluding hydrogens is 1260 g/mol. The first-order valence-electron chi connectivity index (χ1n) is 28.8. The highest BCUT2D eigenvalue weighted by Gasteiger charge is 2.80. The van der Waals surface area contributed by atoms with E-state index in [9.17, 15) is 23.2 Å². The number of allylic oxidation sites excluding steroid dienone is 2. The third kappa shape index (κ3) is 11.0. The molecule has 0 radical (unpaired) electrons. The van der Waals surface area contributed by atoms with Crippen LogP contribution in [0.15, 0.2) is 111 Å². The fourth-order valence-electron chi connectivity index (χ4n) is 12.5. The van der Waals surface area contributed by atoms with Crippen molar-refractivity contribution in [3.8, 4) is 48.6 Å². The van der Waals surface area contributed by atoms with Crippen LogP contribution >= 0.6 is 68.0 Å². The predicted octanol–water partition coefficient (Wildman–Crippen LogP) is 21.6. The number of cyclic esters (lactones) is 2. The second-order valence-corrected chi connectivity index (χ2v) is 29.7. The first-order chi connectivity index (χ1) is 42.0. The van der Waals surface area contributed by atoms with Gasteiger partial charge >= 0.3 is 35.5 Å². The zero-order valence-corrected chi connectivity index (χ0v) is 54.1. The smallest absolute Gasteiger partial charge is 0.484 e. The summed E-state index contributed by atoms with van der Waals surface area (Å²) in [5, 5.41) is 1.53. The second kappa shape index (κ2) is 24.7. The molecule has 14 rings (SSSR count). The van der Waals surface area contributed by atoms with Gasteiger partial charge in [-0.15, -0.1) is 56.7 Å². The van der Waals surface area contributed by atoms with Crippen LogP contribution in [0.2, 0.25) is 0 Å². The number of carbonyl (C=O) groups excluding carboxylic acids is 2. The molecule has 0 N–H and O–H groups in total. The lowest BCUT2D eigenvalue weighted by molar-refractivity contribution is -0.254. The first-order valence-corrected chi connectivity index (χ1v) is 33.7. The van der Waals surface area contributed by atoms with Crippen LogP contribution in [0.25, 0.3) is 75.9 Å². The Kier molecular flexibility index (Phi) is 17.7. The minimum atomic E-state index is -5.58. The molecule has 19 heteroatoms. The molecule has 0 saturated carbocycles. The van der Waals surface area contributed by atoms with E-state index in [2.05, 4.69) is 13.8 Å². The van der Waals surface area contributed by atoms with E-state index in [-0.39, 0.29) is 28.3 Å². The monoisotopic (exact) mass is 1320 g/mol. The standard InChI is InChI=1S/C27H18F6S2.C21H18O4S2.C21H22O3S2.CH4/c1-15-19(13-21(34-15)17-9-5-3-6-10-17)23-24(26(30,31)27(32,33)25(23,28)29)20-14-22(35-16(20)2)18-11-7-4-8-12-18;1-5-24-21-16(13-8-6-7-9-14(13)27-21)18-17(19(22)25-20(18)23)15-10(2)11(3)26-12(15)4;1-11-17(13-7-3-5-9-15(13)25-11)19-20(24-21(22)23-19)18-12(2)26-16-10-6-4-8-14(16)18;/h3-14H,1-2H3;6-9H,5H2,1-4H3;3-10H2,1-2H3;1H4. The van der Waals surface area contributed by atoms with E-state index in [4.69, 9.17) is 18.3 Å². The summed E-state index contributed by atoms with van der Waals surface area (Å²) >= 11 is 9.02. The molecule has 4 aliphatic rings. The molecule has 3 aromatic carbocycles. The van der Waals surface area contributed by atoms with Gasteiger partial charge < -0.3 is 18.3 Å². The van der Waals surface area contributed by atoms with Gasteiger partial charge in [-0.3, -0.25) is 0 Å². The summed E-state index contributed by atoms with van der Waals surface area (Å²) in [4.78, 5) is 46.7. The number of halogens is 6. The van der Waals surface area contributed by atoms with Crippen molar-refractivity contribution in [2.24, 2.45) is 0 Å². The van der Waals surface area contributed by atoms with Crippen molar-refractivity contribution in [3.63, 3.8) is 0 Å². The summed E-state index contributed by atoms with van der Waals surface area (Å²) in [6.07, 6.45) is 9.36. The topological polar surface area (TPSA) is 96.0 Å². The summed E-state index contributed by atoms with van der Waals surface area (Å²) in [5.41, 5.74) is 6.36. The molecule has 0 spiro atoms. The van der Waals surface area contributed by atoms with Gasteiger partial charge in [-0.05, 0) is 164 Å². The number of carbonyl (C=O) groups is 2. The van der Waals surface area contributed by atoms with Crippen LogP contribution in [0, 0.1) is 48.5 Å². The highest BCUT2D eigenvalue weighted by molar-refractivity contribution is 7.21.